The molecule has 6 nitrogen and oxygen atoms in total. The number of nitro groups is 1. The van der Waals surface area contributed by atoms with Crippen molar-refractivity contribution in [1.29, 1.82) is 0 Å². The van der Waals surface area contributed by atoms with Crippen LogP contribution >= 0.6 is 0 Å². The van der Waals surface area contributed by atoms with E-state index < -0.39 is 0 Å². The summed E-state index contributed by atoms with van der Waals surface area (Å²) in [6.45, 7) is 4.12. The van der Waals surface area contributed by atoms with Crippen molar-refractivity contribution < 1.29 is 4.92 Å². The number of benzene rings is 1. The first-order chi connectivity index (χ1) is 9.08. The highest BCUT2D eigenvalue weighted by Crippen LogP contribution is 2.21. The molecule has 0 aliphatic rings. The number of anilines is 1. The minimum atomic E-state index is -0.367. The third-order valence-corrected chi connectivity index (χ3v) is 2.88. The van der Waals surface area contributed by atoms with Crippen molar-refractivity contribution in [3.8, 4) is 0 Å². The third-order valence-electron chi connectivity index (χ3n) is 2.88. The van der Waals surface area contributed by atoms with E-state index in [0.29, 0.717) is 17.9 Å². The van der Waals surface area contributed by atoms with Crippen LogP contribution in [-0.4, -0.2) is 14.9 Å². The number of nitro benzene ring substituents is 1. The van der Waals surface area contributed by atoms with Gasteiger partial charge in [0.2, 0.25) is 0 Å². The fourth-order valence-electron chi connectivity index (χ4n) is 1.80. The van der Waals surface area contributed by atoms with Gasteiger partial charge < -0.3 is 5.32 Å². The molecule has 0 aliphatic carbocycles. The number of rotatable bonds is 4. The molecule has 0 radical (unpaired) electrons. The van der Waals surface area contributed by atoms with Crippen molar-refractivity contribution in [3.63, 3.8) is 0 Å². The van der Waals surface area contributed by atoms with Gasteiger partial charge in [0.05, 0.1) is 4.92 Å². The van der Waals surface area contributed by atoms with Crippen LogP contribution < -0.4 is 5.32 Å². The Kier molecular flexibility index (Phi) is 3.70. The number of aromatic nitrogens is 2. The molecule has 0 atom stereocenters. The van der Waals surface area contributed by atoms with E-state index >= 15 is 0 Å². The van der Waals surface area contributed by atoms with Crippen LogP contribution in [0.25, 0.3) is 0 Å². The minimum absolute atomic E-state index is 0.137. The quantitative estimate of drug-likeness (QED) is 0.673. The van der Waals surface area contributed by atoms with Gasteiger partial charge >= 0.3 is 0 Å². The molecular formula is C13H14N4O2. The van der Waals surface area contributed by atoms with Gasteiger partial charge in [0.1, 0.15) is 12.1 Å². The normalized spacial score (nSPS) is 10.2. The Bertz CT molecular complexity index is 613. The van der Waals surface area contributed by atoms with Crippen molar-refractivity contribution in [2.24, 2.45) is 0 Å². The highest BCUT2D eigenvalue weighted by molar-refractivity contribution is 5.46. The van der Waals surface area contributed by atoms with E-state index in [0.717, 1.165) is 11.3 Å². The Hall–Kier alpha value is -2.50. The van der Waals surface area contributed by atoms with Crippen LogP contribution in [0.1, 0.15) is 16.8 Å². The smallest absolute Gasteiger partial charge is 0.272 e. The molecule has 0 amide bonds. The Morgan fingerprint density at radius 1 is 1.32 bits per heavy atom. The molecule has 19 heavy (non-hydrogen) atoms. The number of nitrogens with one attached hydrogen (secondary N) is 1. The van der Waals surface area contributed by atoms with Gasteiger partial charge in [0.15, 0.2) is 0 Å². The summed E-state index contributed by atoms with van der Waals surface area (Å²) in [6, 6.07) is 6.89. The van der Waals surface area contributed by atoms with Gasteiger partial charge in [-0.15, -0.1) is 0 Å². The van der Waals surface area contributed by atoms with E-state index in [1.54, 1.807) is 13.0 Å². The second-order valence-electron chi connectivity index (χ2n) is 4.22. The van der Waals surface area contributed by atoms with Crippen molar-refractivity contribution in [3.05, 3.63) is 57.5 Å². The fourth-order valence-corrected chi connectivity index (χ4v) is 1.80. The predicted molar refractivity (Wildman–Crippen MR) is 71.9 cm³/mol. The molecule has 0 saturated carbocycles. The first kappa shape index (κ1) is 12.9. The SMILES string of the molecule is Cc1cc(NCc2cccc([N+](=O)[O-])c2C)ncn1. The summed E-state index contributed by atoms with van der Waals surface area (Å²) in [5.41, 5.74) is 2.56. The van der Waals surface area contributed by atoms with Gasteiger partial charge in [-0.2, -0.15) is 0 Å². The van der Waals surface area contributed by atoms with Crippen LogP contribution in [0, 0.1) is 24.0 Å². The molecule has 2 rings (SSSR count). The fraction of sp³-hybridized carbons (Fsp3) is 0.231. The molecule has 0 bridgehead atoms. The van der Waals surface area contributed by atoms with Gasteiger partial charge in [-0.3, -0.25) is 10.1 Å². The first-order valence-electron chi connectivity index (χ1n) is 5.83. The Balaban J connectivity index is 2.16. The molecule has 0 aliphatic heterocycles. The lowest BCUT2D eigenvalue weighted by molar-refractivity contribution is -0.385. The summed E-state index contributed by atoms with van der Waals surface area (Å²) < 4.78 is 0. The van der Waals surface area contributed by atoms with E-state index in [9.17, 15) is 10.1 Å². The summed E-state index contributed by atoms with van der Waals surface area (Å²) in [7, 11) is 0. The van der Waals surface area contributed by atoms with E-state index in [1.807, 2.05) is 19.1 Å². The summed E-state index contributed by atoms with van der Waals surface area (Å²) in [5, 5.41) is 14.0. The van der Waals surface area contributed by atoms with E-state index in [2.05, 4.69) is 15.3 Å². The van der Waals surface area contributed by atoms with Crippen molar-refractivity contribution >= 4 is 11.5 Å². The zero-order chi connectivity index (χ0) is 13.8. The van der Waals surface area contributed by atoms with Gasteiger partial charge in [0, 0.05) is 29.9 Å². The second-order valence-corrected chi connectivity index (χ2v) is 4.22. The molecule has 6 heteroatoms. The summed E-state index contributed by atoms with van der Waals surface area (Å²) >= 11 is 0. The highest BCUT2D eigenvalue weighted by atomic mass is 16.6. The maximum Gasteiger partial charge on any atom is 0.272 e. The van der Waals surface area contributed by atoms with Crippen molar-refractivity contribution in [1.82, 2.24) is 9.97 Å². The highest BCUT2D eigenvalue weighted by Gasteiger charge is 2.12. The van der Waals surface area contributed by atoms with E-state index in [4.69, 9.17) is 0 Å². The van der Waals surface area contributed by atoms with Crippen LogP contribution in [0.5, 0.6) is 0 Å². The zero-order valence-electron chi connectivity index (χ0n) is 10.8. The predicted octanol–water partition coefficient (Wildman–Crippen LogP) is 2.61. The molecule has 1 aromatic heterocycles. The summed E-state index contributed by atoms with van der Waals surface area (Å²) in [6.07, 6.45) is 1.48. The number of nitrogens with zero attached hydrogens (tertiary/aromatic N) is 3. The third kappa shape index (κ3) is 3.04. The first-order valence-corrected chi connectivity index (χ1v) is 5.83. The monoisotopic (exact) mass is 258 g/mol. The molecule has 98 valence electrons. The van der Waals surface area contributed by atoms with Gasteiger partial charge in [0.25, 0.3) is 5.69 Å². The maximum absolute atomic E-state index is 10.9. The van der Waals surface area contributed by atoms with Gasteiger partial charge in [-0.25, -0.2) is 9.97 Å². The van der Waals surface area contributed by atoms with E-state index in [1.165, 1.54) is 12.4 Å². The van der Waals surface area contributed by atoms with Crippen molar-refractivity contribution in [2.45, 2.75) is 20.4 Å². The Morgan fingerprint density at radius 2 is 2.11 bits per heavy atom. The molecule has 1 aromatic carbocycles. The summed E-state index contributed by atoms with van der Waals surface area (Å²) in [4.78, 5) is 18.6. The molecule has 1 N–H and O–H groups in total. The maximum atomic E-state index is 10.9. The standard InChI is InChI=1S/C13H14N4O2/c1-9-6-13(16-8-15-9)14-7-11-4-3-5-12(10(11)2)17(18)19/h3-6,8H,7H2,1-2H3,(H,14,15,16). The topological polar surface area (TPSA) is 81.0 Å². The molecule has 0 saturated heterocycles. The average Bonchev–Trinajstić information content (AvgIpc) is 2.37. The largest absolute Gasteiger partial charge is 0.366 e. The number of hydrogen-bond acceptors (Lipinski definition) is 5. The lowest BCUT2D eigenvalue weighted by Crippen LogP contribution is -2.05. The Morgan fingerprint density at radius 3 is 2.79 bits per heavy atom. The second kappa shape index (κ2) is 5.43. The lowest BCUT2D eigenvalue weighted by Gasteiger charge is -2.08. The zero-order valence-corrected chi connectivity index (χ0v) is 10.8. The van der Waals surface area contributed by atoms with Crippen LogP contribution in [0.15, 0.2) is 30.6 Å². The molecular weight excluding hydrogens is 244 g/mol. The van der Waals surface area contributed by atoms with Gasteiger partial charge in [-0.1, -0.05) is 12.1 Å². The lowest BCUT2D eigenvalue weighted by atomic mass is 10.1. The Labute approximate surface area is 110 Å². The van der Waals surface area contributed by atoms with Crippen LogP contribution in [0.2, 0.25) is 0 Å². The van der Waals surface area contributed by atoms with Gasteiger partial charge in [-0.05, 0) is 19.4 Å². The number of hydrogen-bond donors (Lipinski definition) is 1. The molecule has 0 fully saturated rings. The van der Waals surface area contributed by atoms with Crippen LogP contribution in [0.3, 0.4) is 0 Å². The molecule has 2 aromatic rings. The minimum Gasteiger partial charge on any atom is -0.366 e. The average molecular weight is 258 g/mol. The van der Waals surface area contributed by atoms with E-state index in [-0.39, 0.29) is 10.6 Å². The van der Waals surface area contributed by atoms with Crippen LogP contribution in [-0.2, 0) is 6.54 Å². The molecule has 1 heterocycles. The summed E-state index contributed by atoms with van der Waals surface area (Å²) in [5.74, 6) is 0.707. The molecule has 0 spiro atoms. The van der Waals surface area contributed by atoms with Crippen LogP contribution in [0.4, 0.5) is 11.5 Å². The molecule has 0 unspecified atom stereocenters. The number of aryl methyl sites for hydroxylation is 1. The van der Waals surface area contributed by atoms with Crippen molar-refractivity contribution in [2.75, 3.05) is 5.32 Å².